The summed E-state index contributed by atoms with van der Waals surface area (Å²) in [6.07, 6.45) is 0.425. The van der Waals surface area contributed by atoms with Gasteiger partial charge in [-0.1, -0.05) is 47.1 Å². The number of nitrogens with one attached hydrogen (secondary N) is 1. The van der Waals surface area contributed by atoms with Crippen molar-refractivity contribution in [2.45, 2.75) is 6.42 Å². The molecule has 0 aliphatic rings. The number of carbonyl (C=O) groups is 1. The number of benzene rings is 2. The molecule has 0 fully saturated rings. The number of rotatable bonds is 7. The van der Waals surface area contributed by atoms with Gasteiger partial charge in [-0.3, -0.25) is 4.79 Å². The minimum Gasteiger partial charge on any atom is -0.484 e. The number of carbonyl (C=O) groups excluding carboxylic acids is 1. The SMILES string of the molecule is O=C(COc1ccccc1)NCCc1nc(-c2ccccc2Cl)no1. The van der Waals surface area contributed by atoms with Crippen molar-refractivity contribution in [1.29, 1.82) is 0 Å². The van der Waals surface area contributed by atoms with E-state index in [1.54, 1.807) is 18.2 Å². The molecule has 0 bridgehead atoms. The highest BCUT2D eigenvalue weighted by atomic mass is 35.5. The summed E-state index contributed by atoms with van der Waals surface area (Å²) in [7, 11) is 0. The lowest BCUT2D eigenvalue weighted by atomic mass is 10.2. The Bertz CT molecular complexity index is 836. The van der Waals surface area contributed by atoms with Crippen molar-refractivity contribution in [2.75, 3.05) is 13.2 Å². The Morgan fingerprint density at radius 3 is 2.68 bits per heavy atom. The van der Waals surface area contributed by atoms with E-state index >= 15 is 0 Å². The van der Waals surface area contributed by atoms with E-state index in [1.165, 1.54) is 0 Å². The molecule has 0 atom stereocenters. The first-order valence-electron chi connectivity index (χ1n) is 7.74. The second kappa shape index (κ2) is 8.30. The summed E-state index contributed by atoms with van der Waals surface area (Å²) in [5.41, 5.74) is 0.708. The van der Waals surface area contributed by atoms with E-state index in [4.69, 9.17) is 20.9 Å². The number of halogens is 1. The van der Waals surface area contributed by atoms with Gasteiger partial charge in [0, 0.05) is 18.5 Å². The monoisotopic (exact) mass is 357 g/mol. The highest BCUT2D eigenvalue weighted by Crippen LogP contribution is 2.24. The molecular formula is C18H16ClN3O3. The first kappa shape index (κ1) is 17.0. The molecule has 3 rings (SSSR count). The largest absolute Gasteiger partial charge is 0.484 e. The Morgan fingerprint density at radius 1 is 1.12 bits per heavy atom. The summed E-state index contributed by atoms with van der Waals surface area (Å²) < 4.78 is 10.6. The number of aromatic nitrogens is 2. The van der Waals surface area contributed by atoms with E-state index in [1.807, 2.05) is 36.4 Å². The Morgan fingerprint density at radius 2 is 1.88 bits per heavy atom. The van der Waals surface area contributed by atoms with Crippen LogP contribution in [0.1, 0.15) is 5.89 Å². The van der Waals surface area contributed by atoms with Gasteiger partial charge in [0.15, 0.2) is 6.61 Å². The molecule has 0 aliphatic heterocycles. The van der Waals surface area contributed by atoms with E-state index in [2.05, 4.69) is 15.5 Å². The fourth-order valence-electron chi connectivity index (χ4n) is 2.13. The molecule has 0 spiro atoms. The predicted octanol–water partition coefficient (Wildman–Crippen LogP) is 3.13. The fraction of sp³-hybridized carbons (Fsp3) is 0.167. The molecule has 0 aliphatic carbocycles. The van der Waals surface area contributed by atoms with Gasteiger partial charge >= 0.3 is 0 Å². The Hall–Kier alpha value is -2.86. The quantitative estimate of drug-likeness (QED) is 0.703. The second-order valence-electron chi connectivity index (χ2n) is 5.19. The van der Waals surface area contributed by atoms with E-state index in [-0.39, 0.29) is 12.5 Å². The van der Waals surface area contributed by atoms with Gasteiger partial charge in [0.1, 0.15) is 5.75 Å². The molecule has 1 amide bonds. The Kier molecular flexibility index (Phi) is 5.64. The maximum atomic E-state index is 11.8. The first-order valence-corrected chi connectivity index (χ1v) is 8.12. The van der Waals surface area contributed by atoms with Gasteiger partial charge in [-0.15, -0.1) is 0 Å². The van der Waals surface area contributed by atoms with Crippen LogP contribution in [-0.2, 0) is 11.2 Å². The topological polar surface area (TPSA) is 77.2 Å². The zero-order valence-electron chi connectivity index (χ0n) is 13.3. The van der Waals surface area contributed by atoms with Crippen LogP contribution in [-0.4, -0.2) is 29.2 Å². The van der Waals surface area contributed by atoms with Crippen LogP contribution in [0.4, 0.5) is 0 Å². The molecule has 7 heteroatoms. The summed E-state index contributed by atoms with van der Waals surface area (Å²) in [4.78, 5) is 16.0. The average Bonchev–Trinajstić information content (AvgIpc) is 3.10. The lowest BCUT2D eigenvalue weighted by Gasteiger charge is -2.06. The summed E-state index contributed by atoms with van der Waals surface area (Å²) in [5.74, 6) is 1.30. The van der Waals surface area contributed by atoms with Crippen molar-refractivity contribution < 1.29 is 14.1 Å². The number of para-hydroxylation sites is 1. The lowest BCUT2D eigenvalue weighted by Crippen LogP contribution is -2.30. The third-order valence-electron chi connectivity index (χ3n) is 3.36. The van der Waals surface area contributed by atoms with Crippen LogP contribution in [0.3, 0.4) is 0 Å². The van der Waals surface area contributed by atoms with Crippen molar-refractivity contribution in [3.05, 3.63) is 65.5 Å². The van der Waals surface area contributed by atoms with Crippen molar-refractivity contribution in [3.63, 3.8) is 0 Å². The van der Waals surface area contributed by atoms with Gasteiger partial charge in [0.2, 0.25) is 11.7 Å². The maximum Gasteiger partial charge on any atom is 0.257 e. The van der Waals surface area contributed by atoms with Gasteiger partial charge < -0.3 is 14.6 Å². The third kappa shape index (κ3) is 4.81. The minimum absolute atomic E-state index is 0.0429. The molecule has 1 N–H and O–H groups in total. The normalized spacial score (nSPS) is 10.4. The molecule has 2 aromatic carbocycles. The van der Waals surface area contributed by atoms with E-state index in [0.717, 1.165) is 0 Å². The Labute approximate surface area is 149 Å². The molecule has 128 valence electrons. The van der Waals surface area contributed by atoms with E-state index in [9.17, 15) is 4.79 Å². The number of amides is 1. The van der Waals surface area contributed by atoms with Gasteiger partial charge in [-0.05, 0) is 24.3 Å². The summed E-state index contributed by atoms with van der Waals surface area (Å²) >= 11 is 6.11. The zero-order valence-corrected chi connectivity index (χ0v) is 14.1. The van der Waals surface area contributed by atoms with Crippen LogP contribution in [0.15, 0.2) is 59.1 Å². The average molecular weight is 358 g/mol. The lowest BCUT2D eigenvalue weighted by molar-refractivity contribution is -0.123. The van der Waals surface area contributed by atoms with Crippen molar-refractivity contribution in [2.24, 2.45) is 0 Å². The van der Waals surface area contributed by atoms with E-state index in [0.29, 0.717) is 41.0 Å². The minimum atomic E-state index is -0.213. The van der Waals surface area contributed by atoms with Gasteiger partial charge in [-0.2, -0.15) is 4.98 Å². The highest BCUT2D eigenvalue weighted by Gasteiger charge is 2.11. The maximum absolute atomic E-state index is 11.8. The first-order chi connectivity index (χ1) is 12.2. The molecule has 6 nitrogen and oxygen atoms in total. The van der Waals surface area contributed by atoms with Gasteiger partial charge in [0.05, 0.1) is 5.02 Å². The van der Waals surface area contributed by atoms with Crippen molar-refractivity contribution in [1.82, 2.24) is 15.5 Å². The standard InChI is InChI=1S/C18H16ClN3O3/c19-15-9-5-4-8-14(15)18-21-17(25-22-18)10-11-20-16(23)12-24-13-6-2-1-3-7-13/h1-9H,10-12H2,(H,20,23). The molecule has 1 aromatic heterocycles. The molecule has 0 saturated heterocycles. The molecule has 0 radical (unpaired) electrons. The van der Waals surface area contributed by atoms with E-state index < -0.39 is 0 Å². The summed E-state index contributed by atoms with van der Waals surface area (Å²) in [6, 6.07) is 16.4. The summed E-state index contributed by atoms with van der Waals surface area (Å²) in [6.45, 7) is 0.333. The number of hydrogen-bond donors (Lipinski definition) is 1. The van der Waals surface area contributed by atoms with Gasteiger partial charge in [0.25, 0.3) is 5.91 Å². The molecule has 0 unspecified atom stereocenters. The van der Waals surface area contributed by atoms with Crippen LogP contribution >= 0.6 is 11.6 Å². The van der Waals surface area contributed by atoms with Crippen LogP contribution in [0.25, 0.3) is 11.4 Å². The molecular weight excluding hydrogens is 342 g/mol. The molecule has 0 saturated carbocycles. The Balaban J connectivity index is 1.45. The van der Waals surface area contributed by atoms with Crippen LogP contribution < -0.4 is 10.1 Å². The van der Waals surface area contributed by atoms with Crippen molar-refractivity contribution >= 4 is 17.5 Å². The third-order valence-corrected chi connectivity index (χ3v) is 3.69. The fourth-order valence-corrected chi connectivity index (χ4v) is 2.35. The summed E-state index contributed by atoms with van der Waals surface area (Å²) in [5, 5.41) is 7.21. The smallest absolute Gasteiger partial charge is 0.257 e. The second-order valence-corrected chi connectivity index (χ2v) is 5.60. The molecule has 3 aromatic rings. The number of nitrogens with zero attached hydrogens (tertiary/aromatic N) is 2. The van der Waals surface area contributed by atoms with Gasteiger partial charge in [-0.25, -0.2) is 0 Å². The zero-order chi connectivity index (χ0) is 17.5. The highest BCUT2D eigenvalue weighted by molar-refractivity contribution is 6.33. The predicted molar refractivity (Wildman–Crippen MR) is 93.4 cm³/mol. The number of hydrogen-bond acceptors (Lipinski definition) is 5. The van der Waals surface area contributed by atoms with Crippen LogP contribution in [0.2, 0.25) is 5.02 Å². The van der Waals surface area contributed by atoms with Crippen molar-refractivity contribution in [3.8, 4) is 17.1 Å². The van der Waals surface area contributed by atoms with Crippen LogP contribution in [0.5, 0.6) is 5.75 Å². The molecule has 1 heterocycles. The molecule has 25 heavy (non-hydrogen) atoms. The number of ether oxygens (including phenoxy) is 1. The van der Waals surface area contributed by atoms with Crippen LogP contribution in [0, 0.1) is 0 Å².